The molecule has 1 heterocycles. The van der Waals surface area contributed by atoms with Gasteiger partial charge >= 0.3 is 0 Å². The molecule has 2 N–H and O–H groups in total. The molecule has 1 atom stereocenters. The third-order valence-electron chi connectivity index (χ3n) is 3.40. The van der Waals surface area contributed by atoms with Crippen LogP contribution in [-0.4, -0.2) is 5.91 Å². The van der Waals surface area contributed by atoms with Crippen molar-refractivity contribution in [1.29, 1.82) is 0 Å². The van der Waals surface area contributed by atoms with Gasteiger partial charge in [-0.25, -0.2) is 4.39 Å². The number of hydrogen-bond acceptors (Lipinski definition) is 2. The molecule has 0 spiro atoms. The summed E-state index contributed by atoms with van der Waals surface area (Å²) in [6.07, 6.45) is 0. The van der Waals surface area contributed by atoms with E-state index in [0.717, 1.165) is 5.56 Å². The van der Waals surface area contributed by atoms with Gasteiger partial charge in [-0.05, 0) is 35.9 Å². The van der Waals surface area contributed by atoms with Gasteiger partial charge in [-0.2, -0.15) is 0 Å². The zero-order valence-corrected chi connectivity index (χ0v) is 11.3. The molecule has 0 saturated heterocycles. The highest BCUT2D eigenvalue weighted by Crippen LogP contribution is 2.35. The fraction of sp³-hybridized carbons (Fsp3) is 0.133. The Morgan fingerprint density at radius 3 is 2.60 bits per heavy atom. The molecule has 3 rings (SSSR count). The van der Waals surface area contributed by atoms with E-state index in [9.17, 15) is 9.18 Å². The Hall–Kier alpha value is -1.91. The van der Waals surface area contributed by atoms with Gasteiger partial charge in [0.15, 0.2) is 0 Å². The number of carbonyl (C=O) groups excluding carboxylic acids is 1. The Morgan fingerprint density at radius 1 is 1.20 bits per heavy atom. The molecule has 2 aromatic carbocycles. The van der Waals surface area contributed by atoms with Crippen LogP contribution in [0.3, 0.4) is 0 Å². The molecule has 5 heteroatoms. The van der Waals surface area contributed by atoms with Crippen molar-refractivity contribution in [3.8, 4) is 0 Å². The maximum Gasteiger partial charge on any atom is 0.248 e. The van der Waals surface area contributed by atoms with Crippen LogP contribution >= 0.6 is 11.6 Å². The van der Waals surface area contributed by atoms with Crippen LogP contribution in [0.1, 0.15) is 17.2 Å². The minimum Gasteiger partial charge on any atom is -0.316 e. The summed E-state index contributed by atoms with van der Waals surface area (Å²) < 4.78 is 13.3. The maximum atomic E-state index is 13.3. The second kappa shape index (κ2) is 4.89. The lowest BCUT2D eigenvalue weighted by atomic mass is 10.1. The summed E-state index contributed by atoms with van der Waals surface area (Å²) in [5.41, 5.74) is 7.98. The van der Waals surface area contributed by atoms with Crippen LogP contribution in [0.5, 0.6) is 0 Å². The van der Waals surface area contributed by atoms with E-state index < -0.39 is 6.04 Å². The van der Waals surface area contributed by atoms with Crippen molar-refractivity contribution in [2.24, 2.45) is 5.73 Å². The number of nitrogens with two attached hydrogens (primary N) is 1. The van der Waals surface area contributed by atoms with E-state index in [1.54, 1.807) is 23.1 Å². The summed E-state index contributed by atoms with van der Waals surface area (Å²) in [4.78, 5) is 13.8. The number of rotatable bonds is 2. The summed E-state index contributed by atoms with van der Waals surface area (Å²) in [6.45, 7) is 0.391. The number of amides is 1. The molecule has 1 aliphatic rings. The number of hydrogen-bond donors (Lipinski definition) is 1. The fourth-order valence-electron chi connectivity index (χ4n) is 2.38. The first kappa shape index (κ1) is 13.1. The summed E-state index contributed by atoms with van der Waals surface area (Å²) in [6, 6.07) is 10.7. The largest absolute Gasteiger partial charge is 0.316 e. The van der Waals surface area contributed by atoms with Crippen molar-refractivity contribution in [2.75, 3.05) is 4.90 Å². The summed E-state index contributed by atoms with van der Waals surface area (Å²) >= 11 is 5.84. The van der Waals surface area contributed by atoms with Gasteiger partial charge in [0.05, 0.1) is 6.54 Å². The van der Waals surface area contributed by atoms with E-state index >= 15 is 0 Å². The van der Waals surface area contributed by atoms with E-state index in [1.165, 1.54) is 12.1 Å². The molecule has 0 aliphatic carbocycles. The molecule has 1 aliphatic heterocycles. The average molecular weight is 291 g/mol. The molecular weight excluding hydrogens is 279 g/mol. The second-order valence-electron chi connectivity index (χ2n) is 4.73. The van der Waals surface area contributed by atoms with E-state index in [-0.39, 0.29) is 11.7 Å². The van der Waals surface area contributed by atoms with Crippen LogP contribution in [0.25, 0.3) is 0 Å². The summed E-state index contributed by atoms with van der Waals surface area (Å²) in [7, 11) is 0. The Balaban J connectivity index is 1.95. The van der Waals surface area contributed by atoms with Gasteiger partial charge < -0.3 is 10.6 Å². The molecule has 1 unspecified atom stereocenters. The average Bonchev–Trinajstić information content (AvgIpc) is 2.66. The predicted molar refractivity (Wildman–Crippen MR) is 76.0 cm³/mol. The minimum absolute atomic E-state index is 0.222. The SMILES string of the molecule is NC1C(=O)N(Cc2ccc(Cl)cc2)c2ccc(F)cc21. The minimum atomic E-state index is -0.798. The first-order chi connectivity index (χ1) is 9.56. The maximum absolute atomic E-state index is 13.3. The first-order valence-electron chi connectivity index (χ1n) is 6.17. The lowest BCUT2D eigenvalue weighted by Gasteiger charge is -2.17. The van der Waals surface area contributed by atoms with Crippen LogP contribution in [0, 0.1) is 5.82 Å². The first-order valence-corrected chi connectivity index (χ1v) is 6.55. The Morgan fingerprint density at radius 2 is 1.90 bits per heavy atom. The van der Waals surface area contributed by atoms with Crippen molar-refractivity contribution < 1.29 is 9.18 Å². The second-order valence-corrected chi connectivity index (χ2v) is 5.17. The van der Waals surface area contributed by atoms with E-state index in [2.05, 4.69) is 0 Å². The number of carbonyl (C=O) groups is 1. The molecule has 0 aromatic heterocycles. The Bertz CT molecular complexity index is 672. The Kier molecular flexibility index (Phi) is 3.20. The Labute approximate surface area is 120 Å². The van der Waals surface area contributed by atoms with Gasteiger partial charge in [-0.1, -0.05) is 23.7 Å². The molecule has 3 nitrogen and oxygen atoms in total. The number of fused-ring (bicyclic) bond motifs is 1. The number of benzene rings is 2. The predicted octanol–water partition coefficient (Wildman–Crippen LogP) is 3.03. The molecular formula is C15H12ClFN2O. The van der Waals surface area contributed by atoms with Crippen LogP contribution in [-0.2, 0) is 11.3 Å². The van der Waals surface area contributed by atoms with Crippen LogP contribution in [0.4, 0.5) is 10.1 Å². The zero-order chi connectivity index (χ0) is 14.3. The van der Waals surface area contributed by atoms with Gasteiger partial charge in [0.1, 0.15) is 11.9 Å². The normalized spacial score (nSPS) is 17.4. The third-order valence-corrected chi connectivity index (χ3v) is 3.65. The molecule has 0 radical (unpaired) electrons. The molecule has 0 fully saturated rings. The van der Waals surface area contributed by atoms with Gasteiger partial charge in [0, 0.05) is 16.3 Å². The van der Waals surface area contributed by atoms with Gasteiger partial charge in [-0.3, -0.25) is 4.79 Å². The smallest absolute Gasteiger partial charge is 0.248 e. The van der Waals surface area contributed by atoms with Crippen molar-refractivity contribution in [3.63, 3.8) is 0 Å². The van der Waals surface area contributed by atoms with Gasteiger partial charge in [-0.15, -0.1) is 0 Å². The van der Waals surface area contributed by atoms with E-state index in [4.69, 9.17) is 17.3 Å². The monoisotopic (exact) mass is 290 g/mol. The summed E-state index contributed by atoms with van der Waals surface area (Å²) in [5, 5.41) is 0.640. The highest BCUT2D eigenvalue weighted by atomic mass is 35.5. The molecule has 2 aromatic rings. The topological polar surface area (TPSA) is 46.3 Å². The van der Waals surface area contributed by atoms with Crippen LogP contribution < -0.4 is 10.6 Å². The van der Waals surface area contributed by atoms with Crippen molar-refractivity contribution >= 4 is 23.2 Å². The highest BCUT2D eigenvalue weighted by Gasteiger charge is 2.34. The molecule has 0 bridgehead atoms. The molecule has 20 heavy (non-hydrogen) atoms. The molecule has 0 saturated carbocycles. The molecule has 1 amide bonds. The van der Waals surface area contributed by atoms with Crippen LogP contribution in [0.15, 0.2) is 42.5 Å². The van der Waals surface area contributed by atoms with Gasteiger partial charge in [0.2, 0.25) is 5.91 Å². The quantitative estimate of drug-likeness (QED) is 0.924. The third kappa shape index (κ3) is 2.17. The molecule has 102 valence electrons. The van der Waals surface area contributed by atoms with Gasteiger partial charge in [0.25, 0.3) is 0 Å². The van der Waals surface area contributed by atoms with Crippen molar-refractivity contribution in [3.05, 3.63) is 64.4 Å². The zero-order valence-electron chi connectivity index (χ0n) is 10.5. The lowest BCUT2D eigenvalue weighted by Crippen LogP contribution is -2.31. The highest BCUT2D eigenvalue weighted by molar-refractivity contribution is 6.30. The standard InChI is InChI=1S/C15H12ClFN2O/c16-10-3-1-9(2-4-10)8-19-13-6-5-11(17)7-12(13)14(18)15(19)20/h1-7,14H,8,18H2. The van der Waals surface area contributed by atoms with E-state index in [1.807, 2.05) is 12.1 Å². The number of nitrogens with zero attached hydrogens (tertiary/aromatic N) is 1. The number of anilines is 1. The van der Waals surface area contributed by atoms with E-state index in [0.29, 0.717) is 22.8 Å². The lowest BCUT2D eigenvalue weighted by molar-refractivity contribution is -0.119. The summed E-state index contributed by atoms with van der Waals surface area (Å²) in [5.74, 6) is -0.610. The fourth-order valence-corrected chi connectivity index (χ4v) is 2.50. The van der Waals surface area contributed by atoms with Crippen molar-refractivity contribution in [2.45, 2.75) is 12.6 Å². The van der Waals surface area contributed by atoms with Crippen molar-refractivity contribution in [1.82, 2.24) is 0 Å². The van der Waals surface area contributed by atoms with Crippen LogP contribution in [0.2, 0.25) is 5.02 Å². The number of halogens is 2.